The molecule has 4 nitrogen and oxygen atoms in total. The zero-order valence-electron chi connectivity index (χ0n) is 11.1. The highest BCUT2D eigenvalue weighted by Crippen LogP contribution is 2.31. The van der Waals surface area contributed by atoms with Gasteiger partial charge in [-0.3, -0.25) is 4.79 Å². The fourth-order valence-electron chi connectivity index (χ4n) is 2.13. The molecule has 2 heterocycles. The van der Waals surface area contributed by atoms with Crippen LogP contribution in [0.25, 0.3) is 21.3 Å². The average molecular weight is 317 g/mol. The van der Waals surface area contributed by atoms with Gasteiger partial charge in [0.2, 0.25) is 0 Å². The maximum Gasteiger partial charge on any atom is 0.198 e. The third-order valence-electron chi connectivity index (χ3n) is 3.04. The number of nitrogens with zero attached hydrogens (tertiary/aromatic N) is 1. The van der Waals surface area contributed by atoms with Crippen LogP contribution in [0.4, 0.5) is 0 Å². The van der Waals surface area contributed by atoms with Crippen LogP contribution in [0, 0.1) is 0 Å². The number of rotatable bonds is 2. The van der Waals surface area contributed by atoms with E-state index in [1.165, 1.54) is 0 Å². The summed E-state index contributed by atoms with van der Waals surface area (Å²) in [6.45, 7) is 0. The maximum absolute atomic E-state index is 12.7. The first-order valence-corrected chi connectivity index (χ1v) is 8.86. The fourth-order valence-corrected chi connectivity index (χ4v) is 4.42. The van der Waals surface area contributed by atoms with E-state index in [0.717, 1.165) is 17.6 Å². The number of pyridine rings is 1. The largest absolute Gasteiger partial charge is 0.288 e. The maximum atomic E-state index is 12.7. The van der Waals surface area contributed by atoms with Crippen LogP contribution in [0.2, 0.25) is 0 Å². The van der Waals surface area contributed by atoms with E-state index in [1.807, 2.05) is 6.07 Å². The van der Waals surface area contributed by atoms with Gasteiger partial charge in [0.05, 0.1) is 10.9 Å². The third-order valence-corrected chi connectivity index (χ3v) is 5.98. The Morgan fingerprint density at radius 3 is 2.43 bits per heavy atom. The summed E-state index contributed by atoms with van der Waals surface area (Å²) in [5, 5.41) is 0.439. The molecule has 0 unspecified atom stereocenters. The van der Waals surface area contributed by atoms with Crippen LogP contribution < -0.4 is 5.43 Å². The van der Waals surface area contributed by atoms with Crippen molar-refractivity contribution in [2.45, 2.75) is 4.21 Å². The van der Waals surface area contributed by atoms with E-state index in [4.69, 9.17) is 0 Å². The summed E-state index contributed by atoms with van der Waals surface area (Å²) in [5.41, 5.74) is 0.525. The zero-order chi connectivity index (χ0) is 15.0. The molecule has 21 heavy (non-hydrogen) atoms. The van der Waals surface area contributed by atoms with Gasteiger partial charge in [0.1, 0.15) is 9.04 Å². The lowest BCUT2D eigenvalue weighted by atomic mass is 10.1. The number of fused-ring (bicyclic) bond motifs is 1. The van der Waals surface area contributed by atoms with Gasteiger partial charge in [0.25, 0.3) is 0 Å². The van der Waals surface area contributed by atoms with Crippen molar-refractivity contribution in [2.75, 3.05) is 6.26 Å². The van der Waals surface area contributed by atoms with E-state index >= 15 is 0 Å². The summed E-state index contributed by atoms with van der Waals surface area (Å²) in [4.78, 5) is 17.2. The van der Waals surface area contributed by atoms with E-state index in [1.54, 1.807) is 42.6 Å². The van der Waals surface area contributed by atoms with Gasteiger partial charge >= 0.3 is 0 Å². The Bertz CT molecular complexity index is 977. The smallest absolute Gasteiger partial charge is 0.198 e. The van der Waals surface area contributed by atoms with Crippen molar-refractivity contribution in [2.24, 2.45) is 0 Å². The van der Waals surface area contributed by atoms with E-state index in [9.17, 15) is 13.2 Å². The summed E-state index contributed by atoms with van der Waals surface area (Å²) in [6.07, 6.45) is 2.66. The predicted molar refractivity (Wildman–Crippen MR) is 84.4 cm³/mol. The van der Waals surface area contributed by atoms with Gasteiger partial charge in [-0.15, -0.1) is 11.3 Å². The van der Waals surface area contributed by atoms with Crippen molar-refractivity contribution in [1.29, 1.82) is 0 Å². The first-order valence-electron chi connectivity index (χ1n) is 6.16. The quantitative estimate of drug-likeness (QED) is 0.729. The van der Waals surface area contributed by atoms with Crippen LogP contribution >= 0.6 is 11.3 Å². The molecule has 3 rings (SSSR count). The summed E-state index contributed by atoms with van der Waals surface area (Å²) >= 11 is 1.03. The van der Waals surface area contributed by atoms with Crippen LogP contribution in [-0.2, 0) is 9.84 Å². The van der Waals surface area contributed by atoms with Gasteiger partial charge in [0.15, 0.2) is 15.3 Å². The average Bonchev–Trinajstić information content (AvgIpc) is 2.47. The molecule has 0 N–H and O–H groups in total. The number of hydrogen-bond acceptors (Lipinski definition) is 5. The molecular formula is C15H11NO3S2. The minimum Gasteiger partial charge on any atom is -0.288 e. The zero-order valence-corrected chi connectivity index (χ0v) is 12.7. The Labute approximate surface area is 125 Å². The van der Waals surface area contributed by atoms with Crippen molar-refractivity contribution in [3.05, 3.63) is 58.9 Å². The van der Waals surface area contributed by atoms with Crippen molar-refractivity contribution in [1.82, 2.24) is 4.98 Å². The van der Waals surface area contributed by atoms with E-state index in [2.05, 4.69) is 4.98 Å². The molecule has 0 bridgehead atoms. The normalized spacial score (nSPS) is 11.7. The van der Waals surface area contributed by atoms with Crippen molar-refractivity contribution < 1.29 is 8.42 Å². The SMILES string of the molecule is CS(=O)(=O)c1sc2ncccc2c(=O)c1-c1ccccc1. The molecule has 0 aliphatic carbocycles. The molecule has 3 aromatic rings. The second kappa shape index (κ2) is 5.05. The van der Waals surface area contributed by atoms with Gasteiger partial charge < -0.3 is 0 Å². The molecule has 0 aliphatic rings. The lowest BCUT2D eigenvalue weighted by Crippen LogP contribution is -2.11. The highest BCUT2D eigenvalue weighted by molar-refractivity contribution is 7.93. The van der Waals surface area contributed by atoms with Crippen molar-refractivity contribution >= 4 is 31.4 Å². The van der Waals surface area contributed by atoms with Gasteiger partial charge in [-0.1, -0.05) is 30.3 Å². The Kier molecular flexibility index (Phi) is 3.35. The summed E-state index contributed by atoms with van der Waals surface area (Å²) < 4.78 is 24.2. The van der Waals surface area contributed by atoms with E-state index in [-0.39, 0.29) is 15.2 Å². The summed E-state index contributed by atoms with van der Waals surface area (Å²) in [7, 11) is -3.52. The first-order chi connectivity index (χ1) is 9.98. The molecule has 106 valence electrons. The molecule has 0 atom stereocenters. The highest BCUT2D eigenvalue weighted by Gasteiger charge is 2.21. The van der Waals surface area contributed by atoms with Gasteiger partial charge in [-0.2, -0.15) is 0 Å². The van der Waals surface area contributed by atoms with Crippen molar-refractivity contribution in [3.63, 3.8) is 0 Å². The Morgan fingerprint density at radius 2 is 1.76 bits per heavy atom. The molecule has 6 heteroatoms. The monoisotopic (exact) mass is 317 g/mol. The van der Waals surface area contributed by atoms with E-state index in [0.29, 0.717) is 15.8 Å². The van der Waals surface area contributed by atoms with Crippen LogP contribution in [0.15, 0.2) is 57.7 Å². The van der Waals surface area contributed by atoms with Gasteiger partial charge in [-0.05, 0) is 17.7 Å². The van der Waals surface area contributed by atoms with Crippen LogP contribution in [0.1, 0.15) is 0 Å². The summed E-state index contributed by atoms with van der Waals surface area (Å²) in [5.74, 6) is 0. The number of aromatic nitrogens is 1. The third kappa shape index (κ3) is 2.48. The minimum atomic E-state index is -3.52. The molecule has 1 aromatic carbocycles. The number of benzene rings is 1. The second-order valence-electron chi connectivity index (χ2n) is 4.59. The molecule has 0 fully saturated rings. The fraction of sp³-hybridized carbons (Fsp3) is 0.0667. The highest BCUT2D eigenvalue weighted by atomic mass is 32.2. The Balaban J connectivity index is 2.52. The van der Waals surface area contributed by atoms with Gasteiger partial charge in [0, 0.05) is 12.5 Å². The lowest BCUT2D eigenvalue weighted by Gasteiger charge is -2.08. The van der Waals surface area contributed by atoms with Crippen LogP contribution in [0.3, 0.4) is 0 Å². The summed E-state index contributed by atoms with van der Waals surface area (Å²) in [6, 6.07) is 12.2. The topological polar surface area (TPSA) is 64.1 Å². The first kappa shape index (κ1) is 13.9. The Hall–Kier alpha value is -2.05. The standard InChI is InChI=1S/C15H11NO3S2/c1-21(18,19)15-12(10-6-3-2-4-7-10)13(17)11-8-5-9-16-14(11)20-15/h2-9H,1H3. The van der Waals surface area contributed by atoms with E-state index < -0.39 is 9.84 Å². The molecule has 0 spiro atoms. The predicted octanol–water partition coefficient (Wildman–Crippen LogP) is 2.73. The molecule has 0 radical (unpaired) electrons. The van der Waals surface area contributed by atoms with Crippen molar-refractivity contribution in [3.8, 4) is 11.1 Å². The number of hydrogen-bond donors (Lipinski definition) is 0. The molecule has 2 aromatic heterocycles. The minimum absolute atomic E-state index is 0.0601. The Morgan fingerprint density at radius 1 is 1.05 bits per heavy atom. The number of sulfone groups is 1. The van der Waals surface area contributed by atoms with Gasteiger partial charge in [-0.25, -0.2) is 13.4 Å². The van der Waals surface area contributed by atoms with Crippen LogP contribution in [-0.4, -0.2) is 19.7 Å². The van der Waals surface area contributed by atoms with Crippen LogP contribution in [0.5, 0.6) is 0 Å². The molecular weight excluding hydrogens is 306 g/mol. The lowest BCUT2D eigenvalue weighted by molar-refractivity contribution is 0.604. The molecule has 0 amide bonds. The molecule has 0 saturated heterocycles. The molecule has 0 aliphatic heterocycles. The molecule has 0 saturated carbocycles. The second-order valence-corrected chi connectivity index (χ2v) is 7.80.